The summed E-state index contributed by atoms with van der Waals surface area (Å²) >= 11 is 0. The van der Waals surface area contributed by atoms with Crippen molar-refractivity contribution in [2.45, 2.75) is 19.4 Å². The molecule has 8 nitrogen and oxygen atoms in total. The zero-order chi connectivity index (χ0) is 20.2. The number of Topliss-reactive ketones (excluding diaryl/α,β-unsaturated/α-hetero) is 1. The Labute approximate surface area is 169 Å². The normalized spacial score (nSPS) is 16.7. The van der Waals surface area contributed by atoms with Gasteiger partial charge < -0.3 is 15.1 Å². The largest absolute Gasteiger partial charge is 0.349 e. The third-order valence-corrected chi connectivity index (χ3v) is 5.44. The molecular weight excluding hydrogens is 370 g/mol. The Kier molecular flexibility index (Phi) is 5.71. The van der Waals surface area contributed by atoms with E-state index in [1.807, 2.05) is 6.07 Å². The number of likely N-dealkylation sites (tertiary alicyclic amines) is 1. The van der Waals surface area contributed by atoms with Gasteiger partial charge in [-0.2, -0.15) is 5.10 Å². The SMILES string of the molecule is O=C(CN1CCn2nc(C(=O)NCCN3CCCC3)cc2C1=O)c1ccccc1. The second-order valence-electron chi connectivity index (χ2n) is 7.46. The van der Waals surface area contributed by atoms with E-state index in [1.165, 1.54) is 23.8 Å². The number of nitrogens with one attached hydrogen (secondary N) is 1. The van der Waals surface area contributed by atoms with Crippen LogP contribution in [0.3, 0.4) is 0 Å². The van der Waals surface area contributed by atoms with Gasteiger partial charge in [0.15, 0.2) is 11.5 Å². The maximum Gasteiger partial charge on any atom is 0.272 e. The van der Waals surface area contributed by atoms with Crippen LogP contribution in [0.5, 0.6) is 0 Å². The van der Waals surface area contributed by atoms with Crippen molar-refractivity contribution >= 4 is 17.6 Å². The molecule has 2 aromatic rings. The van der Waals surface area contributed by atoms with Crippen molar-refractivity contribution in [3.63, 3.8) is 0 Å². The quantitative estimate of drug-likeness (QED) is 0.708. The highest BCUT2D eigenvalue weighted by Gasteiger charge is 2.29. The highest BCUT2D eigenvalue weighted by Crippen LogP contribution is 2.15. The van der Waals surface area contributed by atoms with Crippen LogP contribution in [0, 0.1) is 0 Å². The number of rotatable bonds is 7. The highest BCUT2D eigenvalue weighted by molar-refractivity contribution is 6.03. The molecule has 29 heavy (non-hydrogen) atoms. The molecule has 4 rings (SSSR count). The Morgan fingerprint density at radius 2 is 1.79 bits per heavy atom. The summed E-state index contributed by atoms with van der Waals surface area (Å²) in [5.74, 6) is -0.651. The molecule has 2 amide bonds. The highest BCUT2D eigenvalue weighted by atomic mass is 16.2. The molecule has 1 aromatic carbocycles. The molecule has 1 N–H and O–H groups in total. The lowest BCUT2D eigenvalue weighted by atomic mass is 10.1. The van der Waals surface area contributed by atoms with Gasteiger partial charge in [-0.25, -0.2) is 0 Å². The van der Waals surface area contributed by atoms with Crippen molar-refractivity contribution in [1.29, 1.82) is 0 Å². The molecule has 1 saturated heterocycles. The standard InChI is InChI=1S/C21H25N5O3/c27-19(16-6-2-1-3-7-16)15-25-12-13-26-18(21(25)29)14-17(23-26)20(28)22-8-11-24-9-4-5-10-24/h1-3,6-7,14H,4-5,8-13,15H2,(H,22,28). The van der Waals surface area contributed by atoms with Gasteiger partial charge in [0, 0.05) is 31.3 Å². The van der Waals surface area contributed by atoms with Gasteiger partial charge >= 0.3 is 0 Å². The second kappa shape index (κ2) is 8.57. The Morgan fingerprint density at radius 3 is 2.55 bits per heavy atom. The summed E-state index contributed by atoms with van der Waals surface area (Å²) in [6.45, 7) is 4.43. The van der Waals surface area contributed by atoms with Crippen molar-refractivity contribution in [2.24, 2.45) is 0 Å². The fourth-order valence-corrected chi connectivity index (χ4v) is 3.81. The van der Waals surface area contributed by atoms with Crippen molar-refractivity contribution in [3.05, 3.63) is 53.3 Å². The fraction of sp³-hybridized carbons (Fsp3) is 0.429. The van der Waals surface area contributed by atoms with Gasteiger partial charge in [0.05, 0.1) is 13.1 Å². The Balaban J connectivity index is 1.36. The Hall–Kier alpha value is -3.00. The number of fused-ring (bicyclic) bond motifs is 1. The number of amides is 2. The number of benzene rings is 1. The van der Waals surface area contributed by atoms with Gasteiger partial charge in [0.1, 0.15) is 5.69 Å². The minimum atomic E-state index is -0.274. The van der Waals surface area contributed by atoms with Gasteiger partial charge in [0.25, 0.3) is 11.8 Å². The fourth-order valence-electron chi connectivity index (χ4n) is 3.81. The van der Waals surface area contributed by atoms with Crippen LogP contribution in [-0.2, 0) is 6.54 Å². The molecule has 0 radical (unpaired) electrons. The topological polar surface area (TPSA) is 87.5 Å². The van der Waals surface area contributed by atoms with Gasteiger partial charge in [-0.05, 0) is 25.9 Å². The molecule has 0 bridgehead atoms. The molecule has 8 heteroatoms. The molecule has 3 heterocycles. The van der Waals surface area contributed by atoms with Crippen LogP contribution in [0.25, 0.3) is 0 Å². The molecule has 2 aliphatic rings. The van der Waals surface area contributed by atoms with E-state index in [0.29, 0.717) is 30.9 Å². The second-order valence-corrected chi connectivity index (χ2v) is 7.46. The maximum absolute atomic E-state index is 12.8. The van der Waals surface area contributed by atoms with Crippen LogP contribution in [-0.4, -0.2) is 76.4 Å². The van der Waals surface area contributed by atoms with Crippen molar-refractivity contribution in [3.8, 4) is 0 Å². The van der Waals surface area contributed by atoms with Crippen molar-refractivity contribution < 1.29 is 14.4 Å². The van der Waals surface area contributed by atoms with E-state index in [0.717, 1.165) is 19.6 Å². The molecule has 2 aliphatic heterocycles. The van der Waals surface area contributed by atoms with Crippen LogP contribution in [0.15, 0.2) is 36.4 Å². The first kappa shape index (κ1) is 19.3. The summed E-state index contributed by atoms with van der Waals surface area (Å²) in [7, 11) is 0. The first-order chi connectivity index (χ1) is 14.1. The van der Waals surface area contributed by atoms with Crippen LogP contribution in [0.4, 0.5) is 0 Å². The summed E-state index contributed by atoms with van der Waals surface area (Å²) in [5, 5.41) is 7.16. The van der Waals surface area contributed by atoms with Gasteiger partial charge in [-0.3, -0.25) is 19.1 Å². The summed E-state index contributed by atoms with van der Waals surface area (Å²) in [6.07, 6.45) is 2.43. The average molecular weight is 395 g/mol. The lowest BCUT2D eigenvalue weighted by Crippen LogP contribution is -2.43. The van der Waals surface area contributed by atoms with Gasteiger partial charge in [0.2, 0.25) is 0 Å². The van der Waals surface area contributed by atoms with Crippen LogP contribution in [0.2, 0.25) is 0 Å². The van der Waals surface area contributed by atoms with E-state index in [-0.39, 0.29) is 29.8 Å². The number of hydrogen-bond donors (Lipinski definition) is 1. The van der Waals surface area contributed by atoms with Crippen LogP contribution in [0.1, 0.15) is 44.2 Å². The molecular formula is C21H25N5O3. The van der Waals surface area contributed by atoms with Crippen LogP contribution >= 0.6 is 0 Å². The molecule has 0 aliphatic carbocycles. The number of hydrogen-bond acceptors (Lipinski definition) is 5. The first-order valence-corrected chi connectivity index (χ1v) is 10.1. The maximum atomic E-state index is 12.8. The molecule has 1 fully saturated rings. The summed E-state index contributed by atoms with van der Waals surface area (Å²) in [5.41, 5.74) is 1.17. The molecule has 0 atom stereocenters. The van der Waals surface area contributed by atoms with E-state index < -0.39 is 0 Å². The van der Waals surface area contributed by atoms with E-state index in [4.69, 9.17) is 0 Å². The molecule has 0 saturated carbocycles. The Bertz CT molecular complexity index is 902. The molecule has 152 valence electrons. The number of carbonyl (C=O) groups is 3. The molecule has 1 aromatic heterocycles. The third-order valence-electron chi connectivity index (χ3n) is 5.44. The minimum Gasteiger partial charge on any atom is -0.349 e. The summed E-state index contributed by atoms with van der Waals surface area (Å²) in [6, 6.07) is 10.5. The molecule has 0 unspecified atom stereocenters. The number of aromatic nitrogens is 2. The third kappa shape index (κ3) is 4.37. The minimum absolute atomic E-state index is 0.0192. The number of ketones is 1. The number of nitrogens with zero attached hydrogens (tertiary/aromatic N) is 4. The van der Waals surface area contributed by atoms with Crippen molar-refractivity contribution in [1.82, 2.24) is 24.9 Å². The van der Waals surface area contributed by atoms with Gasteiger partial charge in [-0.15, -0.1) is 0 Å². The molecule has 0 spiro atoms. The van der Waals surface area contributed by atoms with E-state index in [1.54, 1.807) is 28.9 Å². The lowest BCUT2D eigenvalue weighted by molar-refractivity contribution is 0.0658. The summed E-state index contributed by atoms with van der Waals surface area (Å²) < 4.78 is 1.56. The monoisotopic (exact) mass is 395 g/mol. The zero-order valence-electron chi connectivity index (χ0n) is 16.3. The number of carbonyl (C=O) groups excluding carboxylic acids is 3. The average Bonchev–Trinajstić information content (AvgIpc) is 3.41. The van der Waals surface area contributed by atoms with E-state index >= 15 is 0 Å². The van der Waals surface area contributed by atoms with Crippen LogP contribution < -0.4 is 5.32 Å². The van der Waals surface area contributed by atoms with E-state index in [2.05, 4.69) is 15.3 Å². The van der Waals surface area contributed by atoms with Crippen molar-refractivity contribution in [2.75, 3.05) is 39.3 Å². The predicted octanol–water partition coefficient (Wildman–Crippen LogP) is 1.05. The lowest BCUT2D eigenvalue weighted by Gasteiger charge is -2.26. The Morgan fingerprint density at radius 1 is 1.03 bits per heavy atom. The first-order valence-electron chi connectivity index (χ1n) is 10.1. The smallest absolute Gasteiger partial charge is 0.272 e. The summed E-state index contributed by atoms with van der Waals surface area (Å²) in [4.78, 5) is 41.4. The van der Waals surface area contributed by atoms with E-state index in [9.17, 15) is 14.4 Å². The van der Waals surface area contributed by atoms with Gasteiger partial charge in [-0.1, -0.05) is 30.3 Å². The zero-order valence-corrected chi connectivity index (χ0v) is 16.3. The predicted molar refractivity (Wildman–Crippen MR) is 107 cm³/mol.